The van der Waals surface area contributed by atoms with Crippen LogP contribution in [0.15, 0.2) is 18.2 Å². The van der Waals surface area contributed by atoms with Crippen LogP contribution in [0.4, 0.5) is 8.78 Å². The molecule has 1 atom stereocenters. The van der Waals surface area contributed by atoms with Crippen LogP contribution in [0.1, 0.15) is 24.8 Å². The van der Waals surface area contributed by atoms with E-state index in [4.69, 9.17) is 12.2 Å². The van der Waals surface area contributed by atoms with Gasteiger partial charge in [0.1, 0.15) is 0 Å². The van der Waals surface area contributed by atoms with Gasteiger partial charge in [-0.2, -0.15) is 0 Å². The standard InChI is InChI=1S/C13H15F2N/c1-2-3-4-7-11(16)9-10-6-5-8-12(14)13(10)15/h1,5-6,8,11H,3-4,7,9,16H2. The van der Waals surface area contributed by atoms with Gasteiger partial charge in [-0.15, -0.1) is 12.3 Å². The number of unbranched alkanes of at least 4 members (excludes halogenated alkanes) is 1. The zero-order valence-electron chi connectivity index (χ0n) is 9.05. The number of nitrogens with two attached hydrogens (primary N) is 1. The predicted molar refractivity (Wildman–Crippen MR) is 60.7 cm³/mol. The Morgan fingerprint density at radius 2 is 2.12 bits per heavy atom. The maximum atomic E-state index is 13.3. The van der Waals surface area contributed by atoms with Gasteiger partial charge in [0.15, 0.2) is 11.6 Å². The van der Waals surface area contributed by atoms with Crippen molar-refractivity contribution in [2.24, 2.45) is 5.73 Å². The summed E-state index contributed by atoms with van der Waals surface area (Å²) in [7, 11) is 0. The van der Waals surface area contributed by atoms with E-state index < -0.39 is 11.6 Å². The van der Waals surface area contributed by atoms with Crippen molar-refractivity contribution in [2.75, 3.05) is 0 Å². The van der Waals surface area contributed by atoms with E-state index in [1.165, 1.54) is 6.07 Å². The van der Waals surface area contributed by atoms with Gasteiger partial charge < -0.3 is 5.73 Å². The van der Waals surface area contributed by atoms with Gasteiger partial charge in [0.05, 0.1) is 0 Å². The Balaban J connectivity index is 2.53. The van der Waals surface area contributed by atoms with E-state index in [-0.39, 0.29) is 6.04 Å². The van der Waals surface area contributed by atoms with E-state index >= 15 is 0 Å². The molecule has 2 N–H and O–H groups in total. The molecular formula is C13H15F2N. The van der Waals surface area contributed by atoms with Crippen molar-refractivity contribution in [3.8, 4) is 12.3 Å². The fraction of sp³-hybridized carbons (Fsp3) is 0.385. The number of terminal acetylenes is 1. The third kappa shape index (κ3) is 3.63. The molecule has 3 heteroatoms. The molecule has 86 valence electrons. The average molecular weight is 223 g/mol. The van der Waals surface area contributed by atoms with Crippen molar-refractivity contribution in [3.63, 3.8) is 0 Å². The molecule has 0 aliphatic rings. The van der Waals surface area contributed by atoms with Crippen LogP contribution < -0.4 is 5.73 Å². The van der Waals surface area contributed by atoms with Crippen molar-refractivity contribution in [2.45, 2.75) is 31.7 Å². The van der Waals surface area contributed by atoms with Crippen LogP contribution in [-0.2, 0) is 6.42 Å². The molecule has 0 radical (unpaired) electrons. The van der Waals surface area contributed by atoms with Crippen molar-refractivity contribution in [1.29, 1.82) is 0 Å². The lowest BCUT2D eigenvalue weighted by atomic mass is 10.0. The third-order valence-electron chi connectivity index (χ3n) is 2.41. The van der Waals surface area contributed by atoms with Gasteiger partial charge >= 0.3 is 0 Å². The Morgan fingerprint density at radius 1 is 1.38 bits per heavy atom. The first-order chi connectivity index (χ1) is 7.65. The monoisotopic (exact) mass is 223 g/mol. The van der Waals surface area contributed by atoms with Crippen molar-refractivity contribution >= 4 is 0 Å². The smallest absolute Gasteiger partial charge is 0.162 e. The molecule has 1 nitrogen and oxygen atoms in total. The largest absolute Gasteiger partial charge is 0.327 e. The Morgan fingerprint density at radius 3 is 2.81 bits per heavy atom. The fourth-order valence-electron chi connectivity index (χ4n) is 1.56. The predicted octanol–water partition coefficient (Wildman–Crippen LogP) is 2.64. The lowest BCUT2D eigenvalue weighted by molar-refractivity contribution is 0.488. The summed E-state index contributed by atoms with van der Waals surface area (Å²) in [4.78, 5) is 0. The molecule has 0 aliphatic carbocycles. The molecule has 1 rings (SSSR count). The van der Waals surface area contributed by atoms with Crippen LogP contribution in [0, 0.1) is 24.0 Å². The van der Waals surface area contributed by atoms with Crippen molar-refractivity contribution in [3.05, 3.63) is 35.4 Å². The second kappa shape index (κ2) is 6.24. The number of hydrogen-bond donors (Lipinski definition) is 1. The molecular weight excluding hydrogens is 208 g/mol. The van der Waals surface area contributed by atoms with Gasteiger partial charge in [0.25, 0.3) is 0 Å². The molecule has 0 amide bonds. The van der Waals surface area contributed by atoms with Crippen molar-refractivity contribution in [1.82, 2.24) is 0 Å². The lowest BCUT2D eigenvalue weighted by Gasteiger charge is -2.11. The van der Waals surface area contributed by atoms with Crippen LogP contribution in [0.2, 0.25) is 0 Å². The second-order valence-electron chi connectivity index (χ2n) is 3.77. The molecule has 1 unspecified atom stereocenters. The highest BCUT2D eigenvalue weighted by atomic mass is 19.2. The van der Waals surface area contributed by atoms with Crippen LogP contribution in [0.5, 0.6) is 0 Å². The molecule has 0 spiro atoms. The summed E-state index contributed by atoms with van der Waals surface area (Å²) in [6.45, 7) is 0. The average Bonchev–Trinajstić information content (AvgIpc) is 2.25. The van der Waals surface area contributed by atoms with E-state index in [1.54, 1.807) is 6.07 Å². The minimum absolute atomic E-state index is 0.176. The zero-order chi connectivity index (χ0) is 12.0. The molecule has 16 heavy (non-hydrogen) atoms. The number of benzene rings is 1. The van der Waals surface area contributed by atoms with Crippen LogP contribution in [0.25, 0.3) is 0 Å². The zero-order valence-corrected chi connectivity index (χ0v) is 9.05. The Bertz CT molecular complexity index is 382. The summed E-state index contributed by atoms with van der Waals surface area (Å²) < 4.78 is 26.2. The maximum absolute atomic E-state index is 13.3. The van der Waals surface area contributed by atoms with Crippen molar-refractivity contribution < 1.29 is 8.78 Å². The van der Waals surface area contributed by atoms with Crippen LogP contribution in [-0.4, -0.2) is 6.04 Å². The minimum Gasteiger partial charge on any atom is -0.327 e. The summed E-state index contributed by atoms with van der Waals surface area (Å²) in [6, 6.07) is 3.97. The number of rotatable bonds is 5. The van der Waals surface area contributed by atoms with E-state index in [0.29, 0.717) is 18.4 Å². The van der Waals surface area contributed by atoms with E-state index in [2.05, 4.69) is 5.92 Å². The second-order valence-corrected chi connectivity index (χ2v) is 3.77. The summed E-state index contributed by atoms with van der Waals surface area (Å²) in [5, 5.41) is 0. The molecule has 1 aromatic rings. The van der Waals surface area contributed by atoms with Gasteiger partial charge in [-0.3, -0.25) is 0 Å². The summed E-state index contributed by atoms with van der Waals surface area (Å²) in [5.74, 6) is 0.896. The molecule has 0 saturated carbocycles. The fourth-order valence-corrected chi connectivity index (χ4v) is 1.56. The molecule has 0 heterocycles. The molecule has 0 bridgehead atoms. The molecule has 0 aromatic heterocycles. The lowest BCUT2D eigenvalue weighted by Crippen LogP contribution is -2.23. The van der Waals surface area contributed by atoms with Gasteiger partial charge in [0, 0.05) is 12.5 Å². The summed E-state index contributed by atoms with van der Waals surface area (Å²) >= 11 is 0. The minimum atomic E-state index is -0.826. The third-order valence-corrected chi connectivity index (χ3v) is 2.41. The van der Waals surface area contributed by atoms with E-state index in [9.17, 15) is 8.78 Å². The number of hydrogen-bond acceptors (Lipinski definition) is 1. The highest BCUT2D eigenvalue weighted by Gasteiger charge is 2.11. The van der Waals surface area contributed by atoms with Gasteiger partial charge in [0.2, 0.25) is 0 Å². The van der Waals surface area contributed by atoms with Crippen LogP contribution in [0.3, 0.4) is 0 Å². The Kier molecular flexibility index (Phi) is 4.94. The van der Waals surface area contributed by atoms with Gasteiger partial charge in [-0.05, 0) is 30.9 Å². The molecule has 0 saturated heterocycles. The van der Waals surface area contributed by atoms with E-state index in [1.807, 2.05) is 0 Å². The first kappa shape index (κ1) is 12.7. The van der Waals surface area contributed by atoms with Crippen LogP contribution >= 0.6 is 0 Å². The number of halogens is 2. The normalized spacial score (nSPS) is 12.1. The highest BCUT2D eigenvalue weighted by molar-refractivity contribution is 5.19. The first-order valence-corrected chi connectivity index (χ1v) is 5.27. The SMILES string of the molecule is C#CCCCC(N)Cc1cccc(F)c1F. The molecule has 0 aliphatic heterocycles. The van der Waals surface area contributed by atoms with E-state index in [0.717, 1.165) is 18.9 Å². The quantitative estimate of drug-likeness (QED) is 0.602. The summed E-state index contributed by atoms with van der Waals surface area (Å²) in [6.07, 6.45) is 7.65. The van der Waals surface area contributed by atoms with Gasteiger partial charge in [-0.1, -0.05) is 12.1 Å². The Hall–Kier alpha value is -1.40. The molecule has 1 aromatic carbocycles. The topological polar surface area (TPSA) is 26.0 Å². The molecule has 0 fully saturated rings. The Labute approximate surface area is 94.7 Å². The first-order valence-electron chi connectivity index (χ1n) is 5.27. The highest BCUT2D eigenvalue weighted by Crippen LogP contribution is 2.14. The maximum Gasteiger partial charge on any atom is 0.162 e. The summed E-state index contributed by atoms with van der Waals surface area (Å²) in [5.41, 5.74) is 6.13. The van der Waals surface area contributed by atoms with Gasteiger partial charge in [-0.25, -0.2) is 8.78 Å².